The molecule has 1 aliphatic rings. The lowest BCUT2D eigenvalue weighted by molar-refractivity contribution is -0.115. The molecule has 0 spiro atoms. The Morgan fingerprint density at radius 1 is 1.14 bits per heavy atom. The van der Waals surface area contributed by atoms with Gasteiger partial charge in [-0.05, 0) is 37.6 Å². The smallest absolute Gasteiger partial charge is 0.248 e. The molecule has 0 saturated carbocycles. The zero-order chi connectivity index (χ0) is 20.0. The summed E-state index contributed by atoms with van der Waals surface area (Å²) in [6, 6.07) is 12.6. The fraction of sp³-hybridized carbons (Fsp3) is 0.150. The number of rotatable bonds is 3. The molecule has 1 atom stereocenters. The van der Waals surface area contributed by atoms with Crippen LogP contribution in [0.1, 0.15) is 24.1 Å². The molecule has 1 aliphatic heterocycles. The molecule has 4 rings (SSSR count). The summed E-state index contributed by atoms with van der Waals surface area (Å²) in [6.07, 6.45) is 0. The number of aryl methyl sites for hydroxylation is 1. The summed E-state index contributed by atoms with van der Waals surface area (Å²) >= 11 is 12.2. The topological polar surface area (TPSA) is 85.8 Å². The molecule has 142 valence electrons. The van der Waals surface area contributed by atoms with E-state index in [4.69, 9.17) is 28.9 Å². The quantitative estimate of drug-likeness (QED) is 0.668. The highest BCUT2D eigenvalue weighted by Gasteiger charge is 2.33. The van der Waals surface area contributed by atoms with E-state index in [-0.39, 0.29) is 0 Å². The molecule has 0 saturated heterocycles. The number of benzene rings is 2. The fourth-order valence-corrected chi connectivity index (χ4v) is 3.67. The van der Waals surface area contributed by atoms with Gasteiger partial charge >= 0.3 is 0 Å². The number of allylic oxidation sites excluding steroid dienone is 1. The largest absolute Gasteiger partial charge is 0.366 e. The van der Waals surface area contributed by atoms with Crippen molar-refractivity contribution in [3.63, 3.8) is 0 Å². The van der Waals surface area contributed by atoms with Gasteiger partial charge in [-0.2, -0.15) is 4.98 Å². The first-order valence-electron chi connectivity index (χ1n) is 8.61. The number of anilines is 1. The van der Waals surface area contributed by atoms with Crippen LogP contribution in [-0.4, -0.2) is 20.7 Å². The van der Waals surface area contributed by atoms with Crippen molar-refractivity contribution in [1.82, 2.24) is 14.8 Å². The number of hydrogen-bond acceptors (Lipinski definition) is 4. The first-order chi connectivity index (χ1) is 13.3. The lowest BCUT2D eigenvalue weighted by Crippen LogP contribution is -2.31. The maximum atomic E-state index is 12.2. The van der Waals surface area contributed by atoms with Crippen molar-refractivity contribution < 1.29 is 4.79 Å². The summed E-state index contributed by atoms with van der Waals surface area (Å²) in [5.74, 6) is 0.487. The van der Waals surface area contributed by atoms with Gasteiger partial charge in [0.15, 0.2) is 5.82 Å². The van der Waals surface area contributed by atoms with E-state index in [0.29, 0.717) is 33.1 Å². The minimum absolute atomic E-state index is 0.419. The van der Waals surface area contributed by atoms with Gasteiger partial charge in [-0.25, -0.2) is 4.68 Å². The third kappa shape index (κ3) is 3.15. The van der Waals surface area contributed by atoms with E-state index in [9.17, 15) is 4.79 Å². The van der Waals surface area contributed by atoms with E-state index in [1.54, 1.807) is 29.8 Å². The maximum absolute atomic E-state index is 12.2. The van der Waals surface area contributed by atoms with Crippen LogP contribution in [-0.2, 0) is 4.79 Å². The molecule has 1 amide bonds. The zero-order valence-electron chi connectivity index (χ0n) is 15.2. The number of nitrogens with two attached hydrogens (primary N) is 1. The molecule has 3 aromatic rings. The Kier molecular flexibility index (Phi) is 4.61. The van der Waals surface area contributed by atoms with Gasteiger partial charge in [0.05, 0.1) is 15.6 Å². The third-order valence-corrected chi connectivity index (χ3v) is 5.39. The van der Waals surface area contributed by atoms with Crippen molar-refractivity contribution in [2.24, 2.45) is 5.73 Å². The number of hydrogen-bond donors (Lipinski definition) is 2. The van der Waals surface area contributed by atoms with Gasteiger partial charge in [0.2, 0.25) is 11.9 Å². The Labute approximate surface area is 172 Å². The highest BCUT2D eigenvalue weighted by molar-refractivity contribution is 6.42. The van der Waals surface area contributed by atoms with E-state index in [2.05, 4.69) is 15.4 Å². The van der Waals surface area contributed by atoms with Crippen LogP contribution in [0.5, 0.6) is 0 Å². The van der Waals surface area contributed by atoms with E-state index in [1.165, 1.54) is 0 Å². The second kappa shape index (κ2) is 6.96. The minimum atomic E-state index is -0.506. The number of nitrogens with one attached hydrogen (secondary N) is 1. The first-order valence-corrected chi connectivity index (χ1v) is 9.37. The molecular weight excluding hydrogens is 397 g/mol. The lowest BCUT2D eigenvalue weighted by Gasteiger charge is -2.27. The normalized spacial score (nSPS) is 15.9. The summed E-state index contributed by atoms with van der Waals surface area (Å²) < 4.78 is 1.68. The Bertz CT molecular complexity index is 1140. The van der Waals surface area contributed by atoms with Crippen molar-refractivity contribution in [3.8, 4) is 11.4 Å². The SMILES string of the molecule is CC1=C(C(N)=O)C(c2cccc(C)c2)n2nc(-c3ccc(Cl)c(Cl)c3)nc2N1. The minimum Gasteiger partial charge on any atom is -0.366 e. The monoisotopic (exact) mass is 413 g/mol. The second-order valence-corrected chi connectivity index (χ2v) is 7.49. The summed E-state index contributed by atoms with van der Waals surface area (Å²) in [4.78, 5) is 16.8. The summed E-state index contributed by atoms with van der Waals surface area (Å²) in [6.45, 7) is 3.80. The average Bonchev–Trinajstić information content (AvgIpc) is 3.06. The van der Waals surface area contributed by atoms with Crippen LogP contribution < -0.4 is 11.1 Å². The maximum Gasteiger partial charge on any atom is 0.248 e. The van der Waals surface area contributed by atoms with Crippen molar-refractivity contribution in [1.29, 1.82) is 0 Å². The molecule has 0 aliphatic carbocycles. The molecule has 1 unspecified atom stereocenters. The van der Waals surface area contributed by atoms with E-state index >= 15 is 0 Å². The predicted molar refractivity (Wildman–Crippen MR) is 110 cm³/mol. The molecule has 1 aromatic heterocycles. The number of aromatic nitrogens is 3. The Morgan fingerprint density at radius 2 is 1.93 bits per heavy atom. The molecular formula is C20H17Cl2N5O. The summed E-state index contributed by atoms with van der Waals surface area (Å²) in [7, 11) is 0. The van der Waals surface area contributed by atoms with Crippen LogP contribution in [0.3, 0.4) is 0 Å². The molecule has 2 aromatic carbocycles. The molecule has 8 heteroatoms. The standard InChI is InChI=1S/C20H17Cl2N5O/c1-10-4-3-5-12(8-10)17-16(18(23)28)11(2)24-20-25-19(26-27(17)20)13-6-7-14(21)15(22)9-13/h3-9,17H,1-2H3,(H2,23,28)(H,24,25,26). The molecule has 0 bridgehead atoms. The van der Waals surface area contributed by atoms with Gasteiger partial charge in [0.1, 0.15) is 6.04 Å². The number of nitrogens with zero attached hydrogens (tertiary/aromatic N) is 3. The number of carbonyl (C=O) groups excluding carboxylic acids is 1. The van der Waals surface area contributed by atoms with Crippen LogP contribution >= 0.6 is 23.2 Å². The molecule has 28 heavy (non-hydrogen) atoms. The predicted octanol–water partition coefficient (Wildman–Crippen LogP) is 4.33. The van der Waals surface area contributed by atoms with E-state index in [1.807, 2.05) is 31.2 Å². The number of halogens is 2. The second-order valence-electron chi connectivity index (χ2n) is 6.68. The van der Waals surface area contributed by atoms with Crippen LogP contribution in [0.2, 0.25) is 10.0 Å². The first kappa shape index (κ1) is 18.5. The zero-order valence-corrected chi connectivity index (χ0v) is 16.7. The number of amides is 1. The van der Waals surface area contributed by atoms with Gasteiger partial charge in [0.25, 0.3) is 0 Å². The van der Waals surface area contributed by atoms with E-state index in [0.717, 1.165) is 16.7 Å². The number of primary amides is 1. The van der Waals surface area contributed by atoms with E-state index < -0.39 is 11.9 Å². The molecule has 0 fully saturated rings. The van der Waals surface area contributed by atoms with Crippen LogP contribution in [0.4, 0.5) is 5.95 Å². The van der Waals surface area contributed by atoms with Gasteiger partial charge < -0.3 is 11.1 Å². The van der Waals surface area contributed by atoms with Crippen LogP contribution in [0.25, 0.3) is 11.4 Å². The van der Waals surface area contributed by atoms with Gasteiger partial charge in [0, 0.05) is 11.3 Å². The van der Waals surface area contributed by atoms with Crippen LogP contribution in [0, 0.1) is 6.92 Å². The molecule has 0 radical (unpaired) electrons. The van der Waals surface area contributed by atoms with Crippen molar-refractivity contribution >= 4 is 35.1 Å². The highest BCUT2D eigenvalue weighted by atomic mass is 35.5. The molecule has 6 nitrogen and oxygen atoms in total. The number of carbonyl (C=O) groups is 1. The summed E-state index contributed by atoms with van der Waals surface area (Å²) in [5.41, 5.74) is 9.50. The van der Waals surface area contributed by atoms with Gasteiger partial charge in [-0.1, -0.05) is 53.0 Å². The van der Waals surface area contributed by atoms with Gasteiger partial charge in [-0.15, -0.1) is 5.10 Å². The molecule has 3 N–H and O–H groups in total. The van der Waals surface area contributed by atoms with Crippen molar-refractivity contribution in [3.05, 3.63) is 74.9 Å². The Morgan fingerprint density at radius 3 is 2.61 bits per heavy atom. The lowest BCUT2D eigenvalue weighted by atomic mass is 9.94. The average molecular weight is 414 g/mol. The Balaban J connectivity index is 1.89. The highest BCUT2D eigenvalue weighted by Crippen LogP contribution is 2.36. The number of fused-ring (bicyclic) bond motifs is 1. The fourth-order valence-electron chi connectivity index (χ4n) is 3.38. The third-order valence-electron chi connectivity index (χ3n) is 4.65. The van der Waals surface area contributed by atoms with Crippen molar-refractivity contribution in [2.75, 3.05) is 5.32 Å². The molecule has 2 heterocycles. The van der Waals surface area contributed by atoms with Crippen LogP contribution in [0.15, 0.2) is 53.7 Å². The Hall–Kier alpha value is -2.83. The summed E-state index contributed by atoms with van der Waals surface area (Å²) in [5, 5.41) is 8.65. The van der Waals surface area contributed by atoms with Crippen molar-refractivity contribution in [2.45, 2.75) is 19.9 Å². The van der Waals surface area contributed by atoms with Gasteiger partial charge in [-0.3, -0.25) is 4.79 Å².